The molecule has 0 atom stereocenters. The van der Waals surface area contributed by atoms with Gasteiger partial charge in [0, 0.05) is 26.3 Å². The van der Waals surface area contributed by atoms with Crippen molar-refractivity contribution in [1.82, 2.24) is 4.98 Å². The second kappa shape index (κ2) is 5.42. The van der Waals surface area contributed by atoms with Crippen LogP contribution in [0.25, 0.3) is 21.8 Å². The number of carboxylic acid groups (broad SMARTS) is 1. The number of aryl methyl sites for hydroxylation is 2. The number of thiazole rings is 1. The van der Waals surface area contributed by atoms with Crippen molar-refractivity contribution in [3.63, 3.8) is 0 Å². The zero-order valence-electron chi connectivity index (χ0n) is 11.6. The van der Waals surface area contributed by atoms with E-state index in [9.17, 15) is 4.79 Å². The van der Waals surface area contributed by atoms with Gasteiger partial charge in [0.2, 0.25) is 0 Å². The number of hydrogen-bond acceptors (Lipinski definition) is 4. The first-order valence-electron chi connectivity index (χ1n) is 6.41. The summed E-state index contributed by atoms with van der Waals surface area (Å²) in [5.41, 5.74) is 3.40. The Morgan fingerprint density at radius 1 is 1.19 bits per heavy atom. The standard InChI is InChI=1S/C16H13NO2S2/c1-9-7-13(10(2)21-9)14-8-20-15(17-14)11-3-5-12(6-4-11)16(18)19/h3-8H,1-2H3,(H,18,19). The number of aromatic carboxylic acids is 1. The number of nitrogens with zero attached hydrogens (tertiary/aromatic N) is 1. The summed E-state index contributed by atoms with van der Waals surface area (Å²) in [4.78, 5) is 18.1. The number of aromatic nitrogens is 1. The molecule has 106 valence electrons. The van der Waals surface area contributed by atoms with Crippen LogP contribution < -0.4 is 0 Å². The van der Waals surface area contributed by atoms with Crippen molar-refractivity contribution in [1.29, 1.82) is 0 Å². The first-order valence-corrected chi connectivity index (χ1v) is 8.11. The molecule has 3 aromatic rings. The van der Waals surface area contributed by atoms with Gasteiger partial charge < -0.3 is 5.11 Å². The van der Waals surface area contributed by atoms with Crippen LogP contribution in [0.15, 0.2) is 35.7 Å². The SMILES string of the molecule is Cc1cc(-c2csc(-c3ccc(C(=O)O)cc3)n2)c(C)s1. The minimum atomic E-state index is -0.911. The molecule has 0 aliphatic heterocycles. The molecule has 21 heavy (non-hydrogen) atoms. The van der Waals surface area contributed by atoms with E-state index in [4.69, 9.17) is 5.11 Å². The molecule has 0 radical (unpaired) electrons. The van der Waals surface area contributed by atoms with Crippen LogP contribution in [0.2, 0.25) is 0 Å². The van der Waals surface area contributed by atoms with Crippen molar-refractivity contribution < 1.29 is 9.90 Å². The highest BCUT2D eigenvalue weighted by atomic mass is 32.1. The molecule has 2 aromatic heterocycles. The summed E-state index contributed by atoms with van der Waals surface area (Å²) in [5, 5.41) is 11.9. The molecule has 0 bridgehead atoms. The van der Waals surface area contributed by atoms with Crippen molar-refractivity contribution >= 4 is 28.6 Å². The predicted octanol–water partition coefficient (Wildman–Crippen LogP) is 4.85. The Labute approximate surface area is 130 Å². The zero-order chi connectivity index (χ0) is 15.0. The molecule has 0 saturated heterocycles. The molecule has 0 aliphatic carbocycles. The van der Waals surface area contributed by atoms with E-state index in [0.29, 0.717) is 5.56 Å². The van der Waals surface area contributed by atoms with Gasteiger partial charge in [0.1, 0.15) is 5.01 Å². The summed E-state index contributed by atoms with van der Waals surface area (Å²) >= 11 is 3.35. The Morgan fingerprint density at radius 3 is 2.48 bits per heavy atom. The highest BCUT2D eigenvalue weighted by Gasteiger charge is 2.11. The van der Waals surface area contributed by atoms with Gasteiger partial charge in [0.05, 0.1) is 11.3 Å². The van der Waals surface area contributed by atoms with Gasteiger partial charge >= 0.3 is 5.97 Å². The zero-order valence-corrected chi connectivity index (χ0v) is 13.2. The highest BCUT2D eigenvalue weighted by molar-refractivity contribution is 7.14. The van der Waals surface area contributed by atoms with Crippen LogP contribution in [0.4, 0.5) is 0 Å². The molecule has 0 unspecified atom stereocenters. The maximum absolute atomic E-state index is 10.9. The van der Waals surface area contributed by atoms with E-state index in [-0.39, 0.29) is 0 Å². The fourth-order valence-corrected chi connectivity index (χ4v) is 3.93. The van der Waals surface area contributed by atoms with E-state index in [1.54, 1.807) is 46.9 Å². The Hall–Kier alpha value is -1.98. The van der Waals surface area contributed by atoms with Gasteiger partial charge in [-0.2, -0.15) is 0 Å². The van der Waals surface area contributed by atoms with Crippen LogP contribution in [-0.2, 0) is 0 Å². The van der Waals surface area contributed by atoms with Gasteiger partial charge in [0.25, 0.3) is 0 Å². The van der Waals surface area contributed by atoms with Gasteiger partial charge in [-0.3, -0.25) is 0 Å². The fraction of sp³-hybridized carbons (Fsp3) is 0.125. The second-order valence-electron chi connectivity index (χ2n) is 4.75. The van der Waals surface area contributed by atoms with Crippen molar-refractivity contribution in [2.45, 2.75) is 13.8 Å². The Kier molecular flexibility index (Phi) is 3.61. The summed E-state index contributed by atoms with van der Waals surface area (Å²) in [6.45, 7) is 4.20. The molecule has 0 amide bonds. The number of hydrogen-bond donors (Lipinski definition) is 1. The topological polar surface area (TPSA) is 50.2 Å². The maximum Gasteiger partial charge on any atom is 0.335 e. The predicted molar refractivity (Wildman–Crippen MR) is 87.3 cm³/mol. The average Bonchev–Trinajstić information content (AvgIpc) is 3.05. The van der Waals surface area contributed by atoms with Gasteiger partial charge in [-0.05, 0) is 32.0 Å². The molecule has 3 nitrogen and oxygen atoms in total. The number of carboxylic acids is 1. The van der Waals surface area contributed by atoms with Gasteiger partial charge in [0.15, 0.2) is 0 Å². The first kappa shape index (κ1) is 14.0. The van der Waals surface area contributed by atoms with E-state index in [1.165, 1.54) is 15.3 Å². The molecular formula is C16H13NO2S2. The lowest BCUT2D eigenvalue weighted by Gasteiger charge is -1.98. The normalized spacial score (nSPS) is 10.8. The Bertz CT molecular complexity index is 800. The molecular weight excluding hydrogens is 302 g/mol. The number of thiophene rings is 1. The van der Waals surface area contributed by atoms with Gasteiger partial charge in [-0.15, -0.1) is 22.7 Å². The highest BCUT2D eigenvalue weighted by Crippen LogP contribution is 2.34. The third-order valence-electron chi connectivity index (χ3n) is 3.20. The van der Waals surface area contributed by atoms with Crippen LogP contribution in [0.5, 0.6) is 0 Å². The maximum atomic E-state index is 10.9. The van der Waals surface area contributed by atoms with Gasteiger partial charge in [-0.1, -0.05) is 12.1 Å². The third kappa shape index (κ3) is 2.75. The molecule has 2 heterocycles. The summed E-state index contributed by atoms with van der Waals surface area (Å²) < 4.78 is 0. The van der Waals surface area contributed by atoms with Crippen molar-refractivity contribution in [2.75, 3.05) is 0 Å². The lowest BCUT2D eigenvalue weighted by Crippen LogP contribution is -1.94. The van der Waals surface area contributed by atoms with Crippen LogP contribution >= 0.6 is 22.7 Å². The van der Waals surface area contributed by atoms with Crippen LogP contribution in [0.3, 0.4) is 0 Å². The largest absolute Gasteiger partial charge is 0.478 e. The van der Waals surface area contributed by atoms with E-state index < -0.39 is 5.97 Å². The average molecular weight is 315 g/mol. The summed E-state index contributed by atoms with van der Waals surface area (Å²) in [5.74, 6) is -0.911. The number of benzene rings is 1. The fourth-order valence-electron chi connectivity index (χ4n) is 2.17. The molecule has 0 aliphatic rings. The van der Waals surface area contributed by atoms with Crippen LogP contribution in [0, 0.1) is 13.8 Å². The van der Waals surface area contributed by atoms with Crippen LogP contribution in [-0.4, -0.2) is 16.1 Å². The van der Waals surface area contributed by atoms with E-state index in [0.717, 1.165) is 16.3 Å². The lowest BCUT2D eigenvalue weighted by atomic mass is 10.1. The minimum Gasteiger partial charge on any atom is -0.478 e. The van der Waals surface area contributed by atoms with E-state index in [1.807, 2.05) is 0 Å². The molecule has 0 spiro atoms. The van der Waals surface area contributed by atoms with Crippen LogP contribution in [0.1, 0.15) is 20.1 Å². The Balaban J connectivity index is 1.94. The number of carbonyl (C=O) groups is 1. The quantitative estimate of drug-likeness (QED) is 0.751. The van der Waals surface area contributed by atoms with Crippen molar-refractivity contribution in [3.8, 4) is 21.8 Å². The molecule has 1 N–H and O–H groups in total. The third-order valence-corrected chi connectivity index (χ3v) is 5.06. The second-order valence-corrected chi connectivity index (χ2v) is 7.07. The van der Waals surface area contributed by atoms with Crippen molar-refractivity contribution in [3.05, 3.63) is 51.0 Å². The Morgan fingerprint density at radius 2 is 1.90 bits per heavy atom. The monoisotopic (exact) mass is 315 g/mol. The molecule has 1 aromatic carbocycles. The first-order chi connectivity index (χ1) is 10.0. The lowest BCUT2D eigenvalue weighted by molar-refractivity contribution is 0.0697. The van der Waals surface area contributed by atoms with Crippen molar-refractivity contribution in [2.24, 2.45) is 0 Å². The number of rotatable bonds is 3. The summed E-state index contributed by atoms with van der Waals surface area (Å²) in [6.07, 6.45) is 0. The van der Waals surface area contributed by atoms with E-state index >= 15 is 0 Å². The van der Waals surface area contributed by atoms with Gasteiger partial charge in [-0.25, -0.2) is 9.78 Å². The smallest absolute Gasteiger partial charge is 0.335 e. The molecule has 0 saturated carbocycles. The summed E-state index contributed by atoms with van der Waals surface area (Å²) in [7, 11) is 0. The molecule has 5 heteroatoms. The molecule has 3 rings (SSSR count). The molecule has 0 fully saturated rings. The summed E-state index contributed by atoms with van der Waals surface area (Å²) in [6, 6.07) is 8.99. The minimum absolute atomic E-state index is 0.292. The van der Waals surface area contributed by atoms with E-state index in [2.05, 4.69) is 30.3 Å².